The van der Waals surface area contributed by atoms with Crippen LogP contribution in [0, 0.1) is 11.8 Å². The molecule has 0 amide bonds. The minimum atomic E-state index is 0.531. The first-order valence-electron chi connectivity index (χ1n) is 8.58. The summed E-state index contributed by atoms with van der Waals surface area (Å²) < 4.78 is 0. The normalized spacial score (nSPS) is 20.3. The molecule has 0 radical (unpaired) electrons. The Morgan fingerprint density at radius 1 is 0.913 bits per heavy atom. The highest BCUT2D eigenvalue weighted by Gasteiger charge is 2.26. The molecule has 116 valence electrons. The molecule has 0 aliphatic heterocycles. The third kappa shape index (κ3) is 3.92. The van der Waals surface area contributed by atoms with Gasteiger partial charge in [0.2, 0.25) is 0 Å². The Bertz CT molecular complexity index is 687. The fourth-order valence-corrected chi connectivity index (χ4v) is 3.53. The first-order valence-corrected chi connectivity index (χ1v) is 8.58. The molecule has 2 unspecified atom stereocenters. The highest BCUT2D eigenvalue weighted by molar-refractivity contribution is 5.71. The Balaban J connectivity index is 2.03. The van der Waals surface area contributed by atoms with Crippen LogP contribution in [0.5, 0.6) is 0 Å². The molecule has 23 heavy (non-hydrogen) atoms. The van der Waals surface area contributed by atoms with E-state index in [-0.39, 0.29) is 0 Å². The van der Waals surface area contributed by atoms with E-state index in [0.29, 0.717) is 11.8 Å². The number of benzene rings is 2. The van der Waals surface area contributed by atoms with Gasteiger partial charge in [0.15, 0.2) is 0 Å². The molecule has 3 rings (SSSR count). The number of allylic oxidation sites excluding steroid dienone is 2. The van der Waals surface area contributed by atoms with E-state index in [1.165, 1.54) is 42.4 Å². The van der Waals surface area contributed by atoms with Crippen molar-refractivity contribution in [3.8, 4) is 0 Å². The van der Waals surface area contributed by atoms with Gasteiger partial charge in [0.05, 0.1) is 0 Å². The minimum absolute atomic E-state index is 0.531. The van der Waals surface area contributed by atoms with E-state index in [0.717, 1.165) is 0 Å². The van der Waals surface area contributed by atoms with Crippen LogP contribution in [0.15, 0.2) is 79.0 Å². The Morgan fingerprint density at radius 3 is 2.26 bits per heavy atom. The number of hydrogen-bond donors (Lipinski definition) is 0. The smallest absolute Gasteiger partial charge is 0.00491 e. The van der Waals surface area contributed by atoms with Crippen LogP contribution in [0.3, 0.4) is 0 Å². The van der Waals surface area contributed by atoms with Gasteiger partial charge in [-0.15, -0.1) is 12.3 Å². The lowest BCUT2D eigenvalue weighted by atomic mass is 9.73. The van der Waals surface area contributed by atoms with Crippen LogP contribution in [-0.2, 0) is 0 Å². The van der Waals surface area contributed by atoms with E-state index >= 15 is 0 Å². The van der Waals surface area contributed by atoms with Crippen LogP contribution in [0.4, 0.5) is 0 Å². The fourth-order valence-electron chi connectivity index (χ4n) is 3.53. The summed E-state index contributed by atoms with van der Waals surface area (Å²) in [7, 11) is 0. The minimum Gasteiger partial charge on any atom is -0.116 e. The molecule has 1 aliphatic carbocycles. The molecule has 1 saturated carbocycles. The van der Waals surface area contributed by atoms with Crippen molar-refractivity contribution in [2.24, 2.45) is 11.8 Å². The molecule has 0 heterocycles. The van der Waals surface area contributed by atoms with E-state index in [2.05, 4.69) is 79.1 Å². The predicted molar refractivity (Wildman–Crippen MR) is 99.9 cm³/mol. The average molecular weight is 300 g/mol. The van der Waals surface area contributed by atoms with Crippen molar-refractivity contribution in [2.75, 3.05) is 0 Å². The van der Waals surface area contributed by atoms with Crippen molar-refractivity contribution in [3.05, 3.63) is 90.2 Å². The van der Waals surface area contributed by atoms with E-state index in [1.807, 2.05) is 6.07 Å². The highest BCUT2D eigenvalue weighted by atomic mass is 14.3. The first-order chi connectivity index (χ1) is 11.4. The third-order valence-electron chi connectivity index (χ3n) is 4.77. The molecule has 2 aromatic carbocycles. The van der Waals surface area contributed by atoms with E-state index in [1.54, 1.807) is 0 Å². The number of rotatable bonds is 4. The Labute approximate surface area is 139 Å². The highest BCUT2D eigenvalue weighted by Crippen LogP contribution is 2.39. The molecule has 2 aromatic rings. The summed E-state index contributed by atoms with van der Waals surface area (Å²) in [5.41, 5.74) is 7.45. The Kier molecular flexibility index (Phi) is 5.29. The third-order valence-corrected chi connectivity index (χ3v) is 4.77. The molecule has 0 N–H and O–H groups in total. The van der Waals surface area contributed by atoms with Gasteiger partial charge in [-0.25, -0.2) is 0 Å². The summed E-state index contributed by atoms with van der Waals surface area (Å²) >= 11 is 0. The van der Waals surface area contributed by atoms with Crippen LogP contribution in [0.25, 0.3) is 11.6 Å². The van der Waals surface area contributed by atoms with Gasteiger partial charge in [-0.05, 0) is 41.9 Å². The van der Waals surface area contributed by atoms with Gasteiger partial charge in [0, 0.05) is 5.57 Å². The largest absolute Gasteiger partial charge is 0.116 e. The zero-order valence-electron chi connectivity index (χ0n) is 13.6. The quantitative estimate of drug-likeness (QED) is 0.454. The molecule has 0 spiro atoms. The van der Waals surface area contributed by atoms with Gasteiger partial charge >= 0.3 is 0 Å². The van der Waals surface area contributed by atoms with Gasteiger partial charge in [-0.3, -0.25) is 0 Å². The van der Waals surface area contributed by atoms with E-state index in [4.69, 9.17) is 0 Å². The molecule has 0 heteroatoms. The lowest BCUT2D eigenvalue weighted by Gasteiger charge is -2.30. The average Bonchev–Trinajstić information content (AvgIpc) is 2.64. The van der Waals surface area contributed by atoms with Gasteiger partial charge in [-0.1, -0.05) is 79.6 Å². The molecular formula is C23H24. The Morgan fingerprint density at radius 2 is 1.57 bits per heavy atom. The van der Waals surface area contributed by atoms with Crippen molar-refractivity contribution in [3.63, 3.8) is 0 Å². The second-order valence-electron chi connectivity index (χ2n) is 6.27. The molecule has 2 atom stereocenters. The monoisotopic (exact) mass is 300 g/mol. The Hall–Kier alpha value is -2.30. The number of hydrogen-bond acceptors (Lipinski definition) is 0. The summed E-state index contributed by atoms with van der Waals surface area (Å²) in [6.07, 6.45) is 9.37. The molecule has 0 nitrogen and oxygen atoms in total. The second-order valence-corrected chi connectivity index (χ2v) is 6.27. The van der Waals surface area contributed by atoms with Crippen LogP contribution in [0.1, 0.15) is 36.8 Å². The van der Waals surface area contributed by atoms with Crippen molar-refractivity contribution >= 4 is 11.6 Å². The maximum Gasteiger partial charge on any atom is 0.00491 e. The SMILES string of the molecule is C=CC1CCCCC1C(=C=Cc1ccccc1)c1ccccc1. The van der Waals surface area contributed by atoms with Gasteiger partial charge in [0.25, 0.3) is 0 Å². The molecule has 1 fully saturated rings. The van der Waals surface area contributed by atoms with E-state index < -0.39 is 0 Å². The van der Waals surface area contributed by atoms with Crippen LogP contribution in [0.2, 0.25) is 0 Å². The van der Waals surface area contributed by atoms with Crippen LogP contribution >= 0.6 is 0 Å². The molecular weight excluding hydrogens is 276 g/mol. The predicted octanol–water partition coefficient (Wildman–Crippen LogP) is 6.37. The maximum absolute atomic E-state index is 4.08. The summed E-state index contributed by atoms with van der Waals surface area (Å²) in [5.74, 6) is 1.10. The van der Waals surface area contributed by atoms with Gasteiger partial charge in [-0.2, -0.15) is 0 Å². The molecule has 1 aliphatic rings. The molecule has 0 saturated heterocycles. The topological polar surface area (TPSA) is 0 Å². The van der Waals surface area contributed by atoms with Crippen molar-refractivity contribution in [1.29, 1.82) is 0 Å². The summed E-state index contributed by atoms with van der Waals surface area (Å²) in [5, 5.41) is 0. The van der Waals surface area contributed by atoms with E-state index in [9.17, 15) is 0 Å². The molecule has 0 aromatic heterocycles. The summed E-state index contributed by atoms with van der Waals surface area (Å²) in [6, 6.07) is 21.2. The lowest BCUT2D eigenvalue weighted by molar-refractivity contribution is 0.348. The van der Waals surface area contributed by atoms with Gasteiger partial charge in [0.1, 0.15) is 0 Å². The summed E-state index contributed by atoms with van der Waals surface area (Å²) in [4.78, 5) is 0. The fraction of sp³-hybridized carbons (Fsp3) is 0.261. The van der Waals surface area contributed by atoms with Crippen molar-refractivity contribution in [2.45, 2.75) is 25.7 Å². The molecule has 0 bridgehead atoms. The second kappa shape index (κ2) is 7.81. The zero-order valence-corrected chi connectivity index (χ0v) is 13.6. The zero-order chi connectivity index (χ0) is 15.9. The van der Waals surface area contributed by atoms with Crippen molar-refractivity contribution in [1.82, 2.24) is 0 Å². The summed E-state index contributed by atoms with van der Waals surface area (Å²) in [6.45, 7) is 4.08. The van der Waals surface area contributed by atoms with Crippen molar-refractivity contribution < 1.29 is 0 Å². The maximum atomic E-state index is 4.08. The lowest BCUT2D eigenvalue weighted by Crippen LogP contribution is -2.18. The first kappa shape index (κ1) is 15.6. The van der Waals surface area contributed by atoms with Gasteiger partial charge < -0.3 is 0 Å². The van der Waals surface area contributed by atoms with Crippen LogP contribution in [-0.4, -0.2) is 0 Å². The van der Waals surface area contributed by atoms with Crippen LogP contribution < -0.4 is 0 Å². The standard InChI is InChI=1S/C23H24/c1-2-20-13-9-10-16-22(20)23(21-14-7-4-8-15-21)18-17-19-11-5-3-6-12-19/h2-8,11-12,14-15,17,20,22H,1,9-10,13,16H2.